The minimum absolute atomic E-state index is 0.00406. The number of nitrogens with zero attached hydrogens (tertiary/aromatic N) is 1. The molecule has 1 amide bonds. The van der Waals surface area contributed by atoms with E-state index in [9.17, 15) is 18.3 Å². The Morgan fingerprint density at radius 3 is 2.35 bits per heavy atom. The van der Waals surface area contributed by atoms with Gasteiger partial charge in [-0.2, -0.15) is 0 Å². The molecule has 1 saturated carbocycles. The smallest absolute Gasteiger partial charge is 0.407 e. The number of carbonyl (C=O) groups is 1. The van der Waals surface area contributed by atoms with Gasteiger partial charge in [-0.15, -0.1) is 0 Å². The molecule has 11 heteroatoms. The summed E-state index contributed by atoms with van der Waals surface area (Å²) < 4.78 is 43.1. The average molecular weight is 503 g/mol. The third kappa shape index (κ3) is 8.70. The molecule has 10 nitrogen and oxygen atoms in total. The molecule has 1 aliphatic carbocycles. The molecule has 0 radical (unpaired) electrons. The van der Waals surface area contributed by atoms with Crippen molar-refractivity contribution >= 4 is 16.1 Å². The Labute approximate surface area is 202 Å². The van der Waals surface area contributed by atoms with Crippen molar-refractivity contribution in [3.63, 3.8) is 0 Å². The van der Waals surface area contributed by atoms with Crippen molar-refractivity contribution in [2.75, 3.05) is 20.4 Å². The number of methoxy groups -OCH3 is 1. The Morgan fingerprint density at radius 2 is 1.82 bits per heavy atom. The van der Waals surface area contributed by atoms with Gasteiger partial charge in [0, 0.05) is 7.11 Å². The topological polar surface area (TPSA) is 124 Å². The Balaban J connectivity index is 2.19. The molecule has 0 bridgehead atoms. The van der Waals surface area contributed by atoms with Gasteiger partial charge >= 0.3 is 6.09 Å². The van der Waals surface area contributed by atoms with Crippen LogP contribution in [0.3, 0.4) is 0 Å². The lowest BCUT2D eigenvalue weighted by molar-refractivity contribution is -0.145. The summed E-state index contributed by atoms with van der Waals surface area (Å²) in [6.45, 7) is 6.67. The molecule has 0 heterocycles. The number of benzene rings is 1. The maximum atomic E-state index is 13.4. The average Bonchev–Trinajstić information content (AvgIpc) is 3.27. The van der Waals surface area contributed by atoms with Gasteiger partial charge in [-0.3, -0.25) is 4.84 Å². The molecule has 0 spiro atoms. The van der Waals surface area contributed by atoms with Gasteiger partial charge in [0.1, 0.15) is 11.4 Å². The second-order valence-corrected chi connectivity index (χ2v) is 11.1. The molecule has 194 valence electrons. The summed E-state index contributed by atoms with van der Waals surface area (Å²) in [7, 11) is -2.61. The van der Waals surface area contributed by atoms with E-state index in [1.165, 1.54) is 31.4 Å². The summed E-state index contributed by atoms with van der Waals surface area (Å²) in [5.74, 6) is 0.455. The van der Waals surface area contributed by atoms with Crippen LogP contribution in [0.15, 0.2) is 29.2 Å². The monoisotopic (exact) mass is 502 g/mol. The van der Waals surface area contributed by atoms with Crippen LogP contribution >= 0.6 is 0 Å². The van der Waals surface area contributed by atoms with Gasteiger partial charge in [-0.05, 0) is 64.3 Å². The zero-order chi connectivity index (χ0) is 25.4. The summed E-state index contributed by atoms with van der Waals surface area (Å²) in [6, 6.07) is 5.14. The first-order chi connectivity index (χ1) is 16.0. The van der Waals surface area contributed by atoms with Crippen LogP contribution in [-0.2, 0) is 24.3 Å². The largest absolute Gasteiger partial charge is 0.468 e. The first kappa shape index (κ1) is 28.3. The Kier molecular flexibility index (Phi) is 10.6. The second-order valence-electron chi connectivity index (χ2n) is 9.25. The van der Waals surface area contributed by atoms with Gasteiger partial charge in [0.25, 0.3) is 10.0 Å². The van der Waals surface area contributed by atoms with Crippen LogP contribution in [0.25, 0.3) is 0 Å². The number of hydroxylamine groups is 1. The van der Waals surface area contributed by atoms with E-state index in [2.05, 4.69) is 5.32 Å². The van der Waals surface area contributed by atoms with E-state index >= 15 is 0 Å². The molecule has 0 saturated heterocycles. The molecule has 2 atom stereocenters. The molecule has 0 unspecified atom stereocenters. The minimum atomic E-state index is -4.10. The Hall–Kier alpha value is -1.92. The van der Waals surface area contributed by atoms with E-state index < -0.39 is 33.9 Å². The third-order valence-corrected chi connectivity index (χ3v) is 6.88. The number of aliphatic hydroxyl groups excluding tert-OH is 1. The number of carbonyl (C=O) groups excluding carboxylic acids is 1. The van der Waals surface area contributed by atoms with Gasteiger partial charge in [0.15, 0.2) is 6.79 Å². The van der Waals surface area contributed by atoms with Crippen LogP contribution in [0, 0.1) is 0 Å². The van der Waals surface area contributed by atoms with E-state index in [-0.39, 0.29) is 24.3 Å². The van der Waals surface area contributed by atoms with Gasteiger partial charge < -0.3 is 24.6 Å². The summed E-state index contributed by atoms with van der Waals surface area (Å²) in [6.07, 6.45) is 1.57. The highest BCUT2D eigenvalue weighted by molar-refractivity contribution is 7.89. The summed E-state index contributed by atoms with van der Waals surface area (Å²) in [4.78, 5) is 18.1. The minimum Gasteiger partial charge on any atom is -0.468 e. The quantitative estimate of drug-likeness (QED) is 0.330. The summed E-state index contributed by atoms with van der Waals surface area (Å²) in [5, 5.41) is 13.5. The van der Waals surface area contributed by atoms with Crippen molar-refractivity contribution < 1.29 is 37.4 Å². The number of hydrogen-bond donors (Lipinski definition) is 2. The maximum absolute atomic E-state index is 13.4. The number of alkyl carbamates (subject to hydrolysis) is 1. The number of nitrogens with one attached hydrogen (secondary N) is 1. The van der Waals surface area contributed by atoms with Crippen LogP contribution in [0.1, 0.15) is 59.8 Å². The van der Waals surface area contributed by atoms with Crippen molar-refractivity contribution in [1.82, 2.24) is 9.79 Å². The lowest BCUT2D eigenvalue weighted by Crippen LogP contribution is -2.50. The molecule has 0 aromatic heterocycles. The van der Waals surface area contributed by atoms with Crippen molar-refractivity contribution in [1.29, 1.82) is 0 Å². The van der Waals surface area contributed by atoms with Crippen molar-refractivity contribution in [3.05, 3.63) is 24.3 Å². The number of sulfonamides is 1. The van der Waals surface area contributed by atoms with E-state index in [4.69, 9.17) is 19.0 Å². The lowest BCUT2D eigenvalue weighted by atomic mass is 10.1. The standard InChI is InChI=1S/C23H38N2O8S/c1-6-20(24-22(27)32-23(2,3)4)21(26)15-25(33-18-9-7-8-10-18)34(28,29)19-13-11-17(12-14-19)31-16-30-5/h11-14,18,20-21,26H,6-10,15-16H2,1-5H3,(H,24,27)/t20-,21+/m0/s1. The normalized spacial score (nSPS) is 16.9. The first-order valence-electron chi connectivity index (χ1n) is 11.5. The predicted molar refractivity (Wildman–Crippen MR) is 126 cm³/mol. The van der Waals surface area contributed by atoms with Crippen molar-refractivity contribution in [2.24, 2.45) is 0 Å². The summed E-state index contributed by atoms with van der Waals surface area (Å²) >= 11 is 0. The molecule has 2 rings (SSSR count). The zero-order valence-electron chi connectivity index (χ0n) is 20.7. The lowest BCUT2D eigenvalue weighted by Gasteiger charge is -2.30. The maximum Gasteiger partial charge on any atom is 0.407 e. The molecule has 1 aromatic rings. The zero-order valence-corrected chi connectivity index (χ0v) is 21.5. The van der Waals surface area contributed by atoms with E-state index in [0.29, 0.717) is 12.2 Å². The van der Waals surface area contributed by atoms with Gasteiger partial charge in [0.05, 0.1) is 29.7 Å². The fraction of sp³-hybridized carbons (Fsp3) is 0.696. The number of hydrogen-bond acceptors (Lipinski definition) is 8. The van der Waals surface area contributed by atoms with Crippen molar-refractivity contribution in [2.45, 2.75) is 88.5 Å². The molecule has 34 heavy (non-hydrogen) atoms. The van der Waals surface area contributed by atoms with E-state index in [0.717, 1.165) is 30.2 Å². The SMILES string of the molecule is CC[C@H](NC(=O)OC(C)(C)C)[C@H](O)CN(OC1CCCC1)S(=O)(=O)c1ccc(OCOC)cc1. The highest BCUT2D eigenvalue weighted by Gasteiger charge is 2.34. The molecule has 2 N–H and O–H groups in total. The summed E-state index contributed by atoms with van der Waals surface area (Å²) in [5.41, 5.74) is -0.701. The number of aliphatic hydroxyl groups is 1. The molecule has 1 aliphatic rings. The van der Waals surface area contributed by atoms with Gasteiger partial charge in [-0.1, -0.05) is 24.2 Å². The molecule has 1 aromatic carbocycles. The van der Waals surface area contributed by atoms with E-state index in [1.807, 2.05) is 0 Å². The van der Waals surface area contributed by atoms with Crippen molar-refractivity contribution in [3.8, 4) is 5.75 Å². The third-order valence-electron chi connectivity index (χ3n) is 5.24. The van der Waals surface area contributed by atoms with Crippen LogP contribution in [0.2, 0.25) is 0 Å². The Bertz CT molecular complexity index is 864. The Morgan fingerprint density at radius 1 is 1.21 bits per heavy atom. The van der Waals surface area contributed by atoms with Crippen LogP contribution in [-0.4, -0.2) is 68.4 Å². The molecule has 0 aliphatic heterocycles. The molecular weight excluding hydrogens is 464 g/mol. The molecular formula is C23H38N2O8S. The fourth-order valence-electron chi connectivity index (χ4n) is 3.52. The van der Waals surface area contributed by atoms with Gasteiger partial charge in [0.2, 0.25) is 0 Å². The van der Waals surface area contributed by atoms with E-state index in [1.54, 1.807) is 27.7 Å². The van der Waals surface area contributed by atoms with Crippen LogP contribution in [0.4, 0.5) is 4.79 Å². The number of amides is 1. The van der Waals surface area contributed by atoms with Crippen LogP contribution in [0.5, 0.6) is 5.75 Å². The first-order valence-corrected chi connectivity index (χ1v) is 13.0. The number of rotatable bonds is 12. The van der Waals surface area contributed by atoms with Crippen LogP contribution < -0.4 is 10.1 Å². The highest BCUT2D eigenvalue weighted by atomic mass is 32.2. The second kappa shape index (κ2) is 12.7. The molecule has 1 fully saturated rings. The number of ether oxygens (including phenoxy) is 3. The van der Waals surface area contributed by atoms with Gasteiger partial charge in [-0.25, -0.2) is 13.2 Å². The fourth-order valence-corrected chi connectivity index (χ4v) is 4.82. The highest BCUT2D eigenvalue weighted by Crippen LogP contribution is 2.27. The predicted octanol–water partition coefficient (Wildman–Crippen LogP) is 3.20.